The lowest BCUT2D eigenvalue weighted by atomic mass is 10.0. The van der Waals surface area contributed by atoms with Crippen LogP contribution in [0.1, 0.15) is 19.8 Å². The minimum atomic E-state index is 0.210. The predicted octanol–water partition coefficient (Wildman–Crippen LogP) is 2.47. The minimum absolute atomic E-state index is 0.210. The Labute approximate surface area is 137 Å². The van der Waals surface area contributed by atoms with Crippen LogP contribution in [0, 0.1) is 0 Å². The second-order valence-corrected chi connectivity index (χ2v) is 6.62. The van der Waals surface area contributed by atoms with Crippen LogP contribution in [0.3, 0.4) is 0 Å². The van der Waals surface area contributed by atoms with Crippen LogP contribution in [0.4, 0.5) is 5.69 Å². The summed E-state index contributed by atoms with van der Waals surface area (Å²) in [7, 11) is 0. The maximum atomic E-state index is 11.4. The van der Waals surface area contributed by atoms with Gasteiger partial charge in [-0.15, -0.1) is 0 Å². The van der Waals surface area contributed by atoms with E-state index >= 15 is 0 Å². The van der Waals surface area contributed by atoms with Crippen LogP contribution in [-0.2, 0) is 4.79 Å². The summed E-state index contributed by atoms with van der Waals surface area (Å²) in [5, 5.41) is 0.839. The second kappa shape index (κ2) is 6.88. The van der Waals surface area contributed by atoms with Gasteiger partial charge in [-0.2, -0.15) is 0 Å². The van der Waals surface area contributed by atoms with E-state index in [0.29, 0.717) is 6.04 Å². The van der Waals surface area contributed by atoms with E-state index in [-0.39, 0.29) is 5.91 Å². The van der Waals surface area contributed by atoms with Crippen molar-refractivity contribution in [3.8, 4) is 0 Å². The number of piperidine rings is 1. The molecular formula is C17H24ClN3O. The third-order valence-corrected chi connectivity index (χ3v) is 5.25. The Hall–Kier alpha value is -1.26. The molecule has 0 aromatic heterocycles. The number of rotatable bonds is 2. The Balaban J connectivity index is 1.52. The Bertz CT molecular complexity index is 520. The number of halogens is 1. The van der Waals surface area contributed by atoms with Crippen LogP contribution in [0.5, 0.6) is 0 Å². The van der Waals surface area contributed by atoms with Crippen molar-refractivity contribution in [1.82, 2.24) is 9.80 Å². The zero-order valence-corrected chi connectivity index (χ0v) is 13.9. The number of para-hydroxylation sites is 1. The lowest BCUT2D eigenvalue weighted by Crippen LogP contribution is -2.53. The van der Waals surface area contributed by atoms with Crippen molar-refractivity contribution in [1.29, 1.82) is 0 Å². The molecule has 3 rings (SSSR count). The number of hydrogen-bond donors (Lipinski definition) is 0. The van der Waals surface area contributed by atoms with E-state index in [1.54, 1.807) is 6.92 Å². The summed E-state index contributed by atoms with van der Waals surface area (Å²) in [6.07, 6.45) is 2.21. The van der Waals surface area contributed by atoms with Gasteiger partial charge in [0.25, 0.3) is 0 Å². The summed E-state index contributed by atoms with van der Waals surface area (Å²) in [5.74, 6) is 0.210. The van der Waals surface area contributed by atoms with E-state index in [9.17, 15) is 4.79 Å². The first-order valence-corrected chi connectivity index (χ1v) is 8.52. The van der Waals surface area contributed by atoms with Gasteiger partial charge in [0.15, 0.2) is 0 Å². The van der Waals surface area contributed by atoms with Gasteiger partial charge in [0.1, 0.15) is 0 Å². The van der Waals surface area contributed by atoms with Crippen molar-refractivity contribution < 1.29 is 4.79 Å². The van der Waals surface area contributed by atoms with E-state index in [2.05, 4.69) is 15.9 Å². The van der Waals surface area contributed by atoms with Crippen LogP contribution in [0.2, 0.25) is 5.02 Å². The highest BCUT2D eigenvalue weighted by molar-refractivity contribution is 6.33. The van der Waals surface area contributed by atoms with Crippen LogP contribution in [-0.4, -0.2) is 61.0 Å². The first-order chi connectivity index (χ1) is 10.6. The summed E-state index contributed by atoms with van der Waals surface area (Å²) < 4.78 is 0. The molecule has 0 saturated carbocycles. The number of hydrogen-bond acceptors (Lipinski definition) is 3. The number of benzene rings is 1. The molecule has 22 heavy (non-hydrogen) atoms. The van der Waals surface area contributed by atoms with Gasteiger partial charge in [0.05, 0.1) is 10.7 Å². The average molecular weight is 322 g/mol. The quantitative estimate of drug-likeness (QED) is 0.837. The lowest BCUT2D eigenvalue weighted by molar-refractivity contribution is -0.130. The van der Waals surface area contributed by atoms with Gasteiger partial charge in [-0.3, -0.25) is 9.69 Å². The number of likely N-dealkylation sites (tertiary alicyclic amines) is 1. The standard InChI is InChI=1S/C17H24ClN3O/c1-14(22)19-8-6-15(7-9-19)20-10-12-21(13-11-20)17-5-3-2-4-16(17)18/h2-5,15H,6-13H2,1H3. The maximum Gasteiger partial charge on any atom is 0.219 e. The number of amides is 1. The predicted molar refractivity (Wildman–Crippen MR) is 90.5 cm³/mol. The highest BCUT2D eigenvalue weighted by Crippen LogP contribution is 2.27. The van der Waals surface area contributed by atoms with Gasteiger partial charge in [-0.05, 0) is 25.0 Å². The van der Waals surface area contributed by atoms with Gasteiger partial charge in [-0.25, -0.2) is 0 Å². The summed E-state index contributed by atoms with van der Waals surface area (Å²) >= 11 is 6.30. The van der Waals surface area contributed by atoms with Crippen molar-refractivity contribution in [3.05, 3.63) is 29.3 Å². The molecule has 2 aliphatic rings. The van der Waals surface area contributed by atoms with Gasteiger partial charge in [0, 0.05) is 52.2 Å². The van der Waals surface area contributed by atoms with Gasteiger partial charge >= 0.3 is 0 Å². The fourth-order valence-electron chi connectivity index (χ4n) is 3.58. The molecule has 0 spiro atoms. The van der Waals surface area contributed by atoms with E-state index < -0.39 is 0 Å². The molecule has 2 heterocycles. The number of nitrogens with zero attached hydrogens (tertiary/aromatic N) is 3. The van der Waals surface area contributed by atoms with E-state index in [1.165, 1.54) is 0 Å². The maximum absolute atomic E-state index is 11.4. The normalized spacial score (nSPS) is 21.2. The molecular weight excluding hydrogens is 298 g/mol. The first kappa shape index (κ1) is 15.6. The molecule has 1 amide bonds. The highest BCUT2D eigenvalue weighted by atomic mass is 35.5. The van der Waals surface area contributed by atoms with Gasteiger partial charge in [-0.1, -0.05) is 23.7 Å². The zero-order chi connectivity index (χ0) is 15.5. The molecule has 120 valence electrons. The third-order valence-electron chi connectivity index (χ3n) is 4.93. The molecule has 0 N–H and O–H groups in total. The Morgan fingerprint density at radius 2 is 1.68 bits per heavy atom. The molecule has 0 radical (unpaired) electrons. The molecule has 2 fully saturated rings. The van der Waals surface area contributed by atoms with E-state index in [1.807, 2.05) is 23.1 Å². The summed E-state index contributed by atoms with van der Waals surface area (Å²) in [4.78, 5) is 18.3. The fourth-order valence-corrected chi connectivity index (χ4v) is 3.84. The summed E-state index contributed by atoms with van der Waals surface area (Å²) in [5.41, 5.74) is 1.15. The van der Waals surface area contributed by atoms with Crippen LogP contribution in [0.25, 0.3) is 0 Å². The molecule has 0 aliphatic carbocycles. The number of carbonyl (C=O) groups excluding carboxylic acids is 1. The molecule has 1 aromatic rings. The van der Waals surface area contributed by atoms with Crippen molar-refractivity contribution in [2.24, 2.45) is 0 Å². The monoisotopic (exact) mass is 321 g/mol. The molecule has 5 heteroatoms. The third kappa shape index (κ3) is 3.39. The molecule has 2 aliphatic heterocycles. The van der Waals surface area contributed by atoms with Crippen molar-refractivity contribution >= 4 is 23.2 Å². The average Bonchev–Trinajstić information content (AvgIpc) is 2.56. The smallest absolute Gasteiger partial charge is 0.219 e. The summed E-state index contributed by atoms with van der Waals surface area (Å²) in [6.45, 7) is 7.69. The molecule has 0 atom stereocenters. The van der Waals surface area contributed by atoms with Crippen LogP contribution < -0.4 is 4.90 Å². The largest absolute Gasteiger partial charge is 0.368 e. The molecule has 0 bridgehead atoms. The Morgan fingerprint density at radius 1 is 1.05 bits per heavy atom. The lowest BCUT2D eigenvalue weighted by Gasteiger charge is -2.43. The van der Waals surface area contributed by atoms with Crippen LogP contribution in [0.15, 0.2) is 24.3 Å². The highest BCUT2D eigenvalue weighted by Gasteiger charge is 2.28. The van der Waals surface area contributed by atoms with Gasteiger partial charge < -0.3 is 9.80 Å². The number of carbonyl (C=O) groups is 1. The van der Waals surface area contributed by atoms with E-state index in [0.717, 1.165) is 62.8 Å². The SMILES string of the molecule is CC(=O)N1CCC(N2CCN(c3ccccc3Cl)CC2)CC1. The van der Waals surface area contributed by atoms with E-state index in [4.69, 9.17) is 11.6 Å². The summed E-state index contributed by atoms with van der Waals surface area (Å²) in [6, 6.07) is 8.71. The topological polar surface area (TPSA) is 26.8 Å². The molecule has 0 unspecified atom stereocenters. The molecule has 2 saturated heterocycles. The fraction of sp³-hybridized carbons (Fsp3) is 0.588. The van der Waals surface area contributed by atoms with Gasteiger partial charge in [0.2, 0.25) is 5.91 Å². The van der Waals surface area contributed by atoms with Crippen LogP contribution >= 0.6 is 11.6 Å². The Morgan fingerprint density at radius 3 is 2.27 bits per heavy atom. The minimum Gasteiger partial charge on any atom is -0.368 e. The first-order valence-electron chi connectivity index (χ1n) is 8.14. The zero-order valence-electron chi connectivity index (χ0n) is 13.2. The Kier molecular flexibility index (Phi) is 4.89. The molecule has 1 aromatic carbocycles. The van der Waals surface area contributed by atoms with Crippen molar-refractivity contribution in [3.63, 3.8) is 0 Å². The van der Waals surface area contributed by atoms with Crippen molar-refractivity contribution in [2.45, 2.75) is 25.8 Å². The number of anilines is 1. The number of piperazine rings is 1. The second-order valence-electron chi connectivity index (χ2n) is 6.21. The van der Waals surface area contributed by atoms with Crippen molar-refractivity contribution in [2.75, 3.05) is 44.2 Å². The molecule has 4 nitrogen and oxygen atoms in total.